The molecule has 146 valence electrons. The highest BCUT2D eigenvalue weighted by Crippen LogP contribution is 2.36. The molecule has 0 atom stereocenters. The van der Waals surface area contributed by atoms with Crippen LogP contribution in [0, 0.1) is 0 Å². The number of fused-ring (bicyclic) bond motifs is 2. The number of furan rings is 1. The molecule has 0 fully saturated rings. The van der Waals surface area contributed by atoms with Crippen molar-refractivity contribution in [3.63, 3.8) is 0 Å². The van der Waals surface area contributed by atoms with Gasteiger partial charge in [-0.25, -0.2) is 0 Å². The lowest BCUT2D eigenvalue weighted by atomic mass is 10.1. The van der Waals surface area contributed by atoms with E-state index in [1.165, 1.54) is 4.90 Å². The minimum atomic E-state index is -4.75. The van der Waals surface area contributed by atoms with Gasteiger partial charge in [0.05, 0.1) is 23.2 Å². The molecule has 0 bridgehead atoms. The predicted molar refractivity (Wildman–Crippen MR) is 94.8 cm³/mol. The molecule has 1 aromatic carbocycles. The number of aryl methyl sites for hydroxylation is 1. The molecule has 1 aliphatic rings. The van der Waals surface area contributed by atoms with Crippen LogP contribution >= 0.6 is 0 Å². The molecule has 0 saturated heterocycles. The summed E-state index contributed by atoms with van der Waals surface area (Å²) in [6.07, 6.45) is -4.01. The molecule has 2 aromatic heterocycles. The van der Waals surface area contributed by atoms with Crippen molar-refractivity contribution in [3.8, 4) is 5.75 Å². The number of anilines is 1. The Kier molecular flexibility index (Phi) is 4.17. The molecule has 3 aromatic rings. The molecule has 0 aliphatic carbocycles. The quantitative estimate of drug-likeness (QED) is 0.721. The zero-order chi connectivity index (χ0) is 20.1. The average Bonchev–Trinajstić information content (AvgIpc) is 3.08. The van der Waals surface area contributed by atoms with Gasteiger partial charge in [-0.2, -0.15) is 13.2 Å². The molecule has 9 heteroatoms. The molecule has 1 aliphatic heterocycles. The molecule has 0 radical (unpaired) electrons. The van der Waals surface area contributed by atoms with E-state index in [1.54, 1.807) is 12.1 Å². The third-order valence-corrected chi connectivity index (χ3v) is 4.59. The zero-order valence-corrected chi connectivity index (χ0v) is 14.7. The van der Waals surface area contributed by atoms with Crippen molar-refractivity contribution in [1.82, 2.24) is 4.98 Å². The summed E-state index contributed by atoms with van der Waals surface area (Å²) in [5.74, 6) is -0.391. The van der Waals surface area contributed by atoms with Crippen LogP contribution in [0.1, 0.15) is 28.6 Å². The SMILES string of the molecule is CCc1ccc2c(c1)N(C(=O)c1cc3c(C(F)(F)F)cc(=O)[nH]c3o1)CCO2. The lowest BCUT2D eigenvalue weighted by Gasteiger charge is -2.29. The Bertz CT molecular complexity index is 1130. The van der Waals surface area contributed by atoms with Gasteiger partial charge in [-0.15, -0.1) is 0 Å². The van der Waals surface area contributed by atoms with E-state index in [0.29, 0.717) is 17.5 Å². The molecule has 28 heavy (non-hydrogen) atoms. The summed E-state index contributed by atoms with van der Waals surface area (Å²) in [6, 6.07) is 6.90. The van der Waals surface area contributed by atoms with Gasteiger partial charge in [0.1, 0.15) is 12.4 Å². The summed E-state index contributed by atoms with van der Waals surface area (Å²) in [7, 11) is 0. The van der Waals surface area contributed by atoms with E-state index in [4.69, 9.17) is 9.15 Å². The molecular formula is C19H15F3N2O4. The van der Waals surface area contributed by atoms with Crippen LogP contribution in [-0.2, 0) is 12.6 Å². The number of carbonyl (C=O) groups is 1. The van der Waals surface area contributed by atoms with E-state index in [9.17, 15) is 22.8 Å². The number of amides is 1. The first-order chi connectivity index (χ1) is 13.3. The van der Waals surface area contributed by atoms with Crippen LogP contribution in [0.3, 0.4) is 0 Å². The van der Waals surface area contributed by atoms with Gasteiger partial charge in [-0.3, -0.25) is 19.5 Å². The summed E-state index contributed by atoms with van der Waals surface area (Å²) in [4.78, 5) is 28.1. The molecule has 0 spiro atoms. The largest absolute Gasteiger partial charge is 0.490 e. The summed E-state index contributed by atoms with van der Waals surface area (Å²) in [5, 5.41) is -0.369. The summed E-state index contributed by atoms with van der Waals surface area (Å²) in [5.41, 5.74) is -0.989. The monoisotopic (exact) mass is 392 g/mol. The number of rotatable bonds is 2. The van der Waals surface area contributed by atoms with Gasteiger partial charge in [-0.1, -0.05) is 13.0 Å². The number of nitrogens with one attached hydrogen (secondary N) is 1. The highest BCUT2D eigenvalue weighted by atomic mass is 19.4. The molecular weight excluding hydrogens is 377 g/mol. The second-order valence-corrected chi connectivity index (χ2v) is 6.36. The van der Waals surface area contributed by atoms with Crippen molar-refractivity contribution in [3.05, 3.63) is 57.6 Å². The second-order valence-electron chi connectivity index (χ2n) is 6.36. The Balaban J connectivity index is 1.80. The number of nitrogens with zero attached hydrogens (tertiary/aromatic N) is 1. The Morgan fingerprint density at radius 3 is 2.75 bits per heavy atom. The first kappa shape index (κ1) is 18.1. The summed E-state index contributed by atoms with van der Waals surface area (Å²) in [6.45, 7) is 2.43. The second kappa shape index (κ2) is 6.43. The molecule has 4 rings (SSSR count). The molecule has 0 saturated carbocycles. The van der Waals surface area contributed by atoms with Crippen LogP contribution < -0.4 is 15.2 Å². The molecule has 3 heterocycles. The third kappa shape index (κ3) is 3.02. The highest BCUT2D eigenvalue weighted by molar-refractivity contribution is 6.07. The maximum Gasteiger partial charge on any atom is 0.417 e. The van der Waals surface area contributed by atoms with E-state index < -0.39 is 23.2 Å². The first-order valence-electron chi connectivity index (χ1n) is 8.59. The molecule has 0 unspecified atom stereocenters. The van der Waals surface area contributed by atoms with Gasteiger partial charge in [0.25, 0.3) is 11.5 Å². The zero-order valence-electron chi connectivity index (χ0n) is 14.7. The predicted octanol–water partition coefficient (Wildman–Crippen LogP) is 3.74. The van der Waals surface area contributed by atoms with E-state index >= 15 is 0 Å². The Hall–Kier alpha value is -3.23. The van der Waals surface area contributed by atoms with Gasteiger partial charge in [0.15, 0.2) is 5.76 Å². The number of H-pyrrole nitrogens is 1. The Morgan fingerprint density at radius 2 is 2.04 bits per heavy atom. The van der Waals surface area contributed by atoms with Crippen molar-refractivity contribution < 1.29 is 27.1 Å². The number of hydrogen-bond acceptors (Lipinski definition) is 4. The number of benzene rings is 1. The lowest BCUT2D eigenvalue weighted by Crippen LogP contribution is -2.37. The maximum absolute atomic E-state index is 13.2. The van der Waals surface area contributed by atoms with Crippen molar-refractivity contribution >= 4 is 22.7 Å². The smallest absolute Gasteiger partial charge is 0.417 e. The van der Waals surface area contributed by atoms with Crippen molar-refractivity contribution in [2.75, 3.05) is 18.1 Å². The van der Waals surface area contributed by atoms with E-state index in [1.807, 2.05) is 13.0 Å². The summed E-state index contributed by atoms with van der Waals surface area (Å²) < 4.78 is 50.6. The topological polar surface area (TPSA) is 75.5 Å². The van der Waals surface area contributed by atoms with Crippen LogP contribution in [0.4, 0.5) is 18.9 Å². The standard InChI is InChI=1S/C19H15F3N2O4/c1-2-10-3-4-14-13(7-10)24(5-6-27-14)18(26)15-8-11-12(19(20,21)22)9-16(25)23-17(11)28-15/h3-4,7-9H,2,5-6H2,1H3,(H,23,25). The van der Waals surface area contributed by atoms with Crippen LogP contribution in [0.15, 0.2) is 39.5 Å². The number of pyridine rings is 1. The Labute approximate surface area is 156 Å². The third-order valence-electron chi connectivity index (χ3n) is 4.59. The number of aromatic amines is 1. The van der Waals surface area contributed by atoms with Crippen LogP contribution in [-0.4, -0.2) is 24.0 Å². The van der Waals surface area contributed by atoms with E-state index in [0.717, 1.165) is 18.1 Å². The van der Waals surface area contributed by atoms with Crippen molar-refractivity contribution in [2.45, 2.75) is 19.5 Å². The van der Waals surface area contributed by atoms with Gasteiger partial charge in [-0.05, 0) is 30.2 Å². The fourth-order valence-corrected chi connectivity index (χ4v) is 3.21. The normalized spacial score (nSPS) is 14.1. The molecule has 6 nitrogen and oxygen atoms in total. The van der Waals surface area contributed by atoms with Gasteiger partial charge in [0.2, 0.25) is 5.71 Å². The number of halogens is 3. The van der Waals surface area contributed by atoms with Gasteiger partial charge >= 0.3 is 6.18 Å². The van der Waals surface area contributed by atoms with Crippen LogP contribution in [0.2, 0.25) is 0 Å². The van der Waals surface area contributed by atoms with Crippen LogP contribution in [0.25, 0.3) is 11.1 Å². The minimum Gasteiger partial charge on any atom is -0.490 e. The maximum atomic E-state index is 13.2. The molecule has 1 N–H and O–H groups in total. The Morgan fingerprint density at radius 1 is 1.25 bits per heavy atom. The van der Waals surface area contributed by atoms with Crippen molar-refractivity contribution in [1.29, 1.82) is 0 Å². The highest BCUT2D eigenvalue weighted by Gasteiger charge is 2.35. The number of hydrogen-bond donors (Lipinski definition) is 1. The van der Waals surface area contributed by atoms with Gasteiger partial charge in [0, 0.05) is 6.07 Å². The summed E-state index contributed by atoms with van der Waals surface area (Å²) >= 11 is 0. The minimum absolute atomic E-state index is 0.221. The molecule has 1 amide bonds. The number of alkyl halides is 3. The number of aromatic nitrogens is 1. The number of ether oxygens (including phenoxy) is 1. The van der Waals surface area contributed by atoms with E-state index in [2.05, 4.69) is 4.98 Å². The van der Waals surface area contributed by atoms with Gasteiger partial charge < -0.3 is 9.15 Å². The van der Waals surface area contributed by atoms with Crippen molar-refractivity contribution in [2.24, 2.45) is 0 Å². The fourth-order valence-electron chi connectivity index (χ4n) is 3.21. The van der Waals surface area contributed by atoms with E-state index in [-0.39, 0.29) is 30.0 Å². The fraction of sp³-hybridized carbons (Fsp3) is 0.263. The average molecular weight is 392 g/mol. The number of carbonyl (C=O) groups excluding carboxylic acids is 1. The lowest BCUT2D eigenvalue weighted by molar-refractivity contribution is -0.136. The van der Waals surface area contributed by atoms with Crippen LogP contribution in [0.5, 0.6) is 5.75 Å². The first-order valence-corrected chi connectivity index (χ1v) is 8.59.